The highest BCUT2D eigenvalue weighted by Gasteiger charge is 2.47. The Hall–Kier alpha value is -2.82. The van der Waals surface area contributed by atoms with E-state index in [-0.39, 0.29) is 11.9 Å². The summed E-state index contributed by atoms with van der Waals surface area (Å²) in [6, 6.07) is 14.1. The summed E-state index contributed by atoms with van der Waals surface area (Å²) in [6.45, 7) is 0. The molecule has 2 atom stereocenters. The molecule has 0 saturated heterocycles. The third kappa shape index (κ3) is 2.97. The summed E-state index contributed by atoms with van der Waals surface area (Å²) in [5.74, 6) is -1.04. The van der Waals surface area contributed by atoms with Crippen molar-refractivity contribution in [3.05, 3.63) is 65.2 Å². The average Bonchev–Trinajstić information content (AvgIpc) is 3.22. The summed E-state index contributed by atoms with van der Waals surface area (Å²) < 4.78 is 5.24. The van der Waals surface area contributed by atoms with E-state index in [0.29, 0.717) is 16.9 Å². The number of carbonyl (C=O) groups excluding carboxylic acids is 1. The van der Waals surface area contributed by atoms with E-state index in [1.807, 2.05) is 29.2 Å². The second-order valence-electron chi connectivity index (χ2n) is 7.27. The predicted octanol–water partition coefficient (Wildman–Crippen LogP) is 4.00. The SMILES string of the molecule is COc1ccc([C@@H]2[C@@H](C(=O)O)c3ccccc3C(=O)N2C2CCCC2)cc1. The molecule has 1 aliphatic carbocycles. The van der Waals surface area contributed by atoms with Gasteiger partial charge in [0.2, 0.25) is 0 Å². The van der Waals surface area contributed by atoms with Crippen molar-refractivity contribution in [2.45, 2.75) is 43.7 Å². The fraction of sp³-hybridized carbons (Fsp3) is 0.364. The number of methoxy groups -OCH3 is 1. The van der Waals surface area contributed by atoms with Gasteiger partial charge < -0.3 is 14.7 Å². The maximum absolute atomic E-state index is 13.4. The van der Waals surface area contributed by atoms with E-state index in [0.717, 1.165) is 31.2 Å². The molecule has 0 unspecified atom stereocenters. The van der Waals surface area contributed by atoms with Gasteiger partial charge in [0.1, 0.15) is 11.7 Å². The van der Waals surface area contributed by atoms with Gasteiger partial charge in [0, 0.05) is 11.6 Å². The highest BCUT2D eigenvalue weighted by molar-refractivity contribution is 6.00. The fourth-order valence-electron chi connectivity index (χ4n) is 4.56. The number of fused-ring (bicyclic) bond motifs is 1. The summed E-state index contributed by atoms with van der Waals surface area (Å²) in [7, 11) is 1.60. The molecule has 1 heterocycles. The summed E-state index contributed by atoms with van der Waals surface area (Å²) >= 11 is 0. The van der Waals surface area contributed by atoms with Crippen molar-refractivity contribution < 1.29 is 19.4 Å². The molecule has 0 radical (unpaired) electrons. The van der Waals surface area contributed by atoms with Gasteiger partial charge in [-0.05, 0) is 42.2 Å². The molecule has 1 amide bonds. The van der Waals surface area contributed by atoms with Gasteiger partial charge in [-0.3, -0.25) is 9.59 Å². The molecule has 0 bridgehead atoms. The summed E-state index contributed by atoms with van der Waals surface area (Å²) in [5.41, 5.74) is 1.95. The maximum atomic E-state index is 13.4. The summed E-state index contributed by atoms with van der Waals surface area (Å²) in [5, 5.41) is 10.1. The molecule has 5 heteroatoms. The average molecular weight is 365 g/mol. The minimum Gasteiger partial charge on any atom is -0.497 e. The lowest BCUT2D eigenvalue weighted by molar-refractivity contribution is -0.140. The number of nitrogens with zero attached hydrogens (tertiary/aromatic N) is 1. The van der Waals surface area contributed by atoms with E-state index < -0.39 is 17.9 Å². The van der Waals surface area contributed by atoms with Crippen LogP contribution in [0.2, 0.25) is 0 Å². The standard InChI is InChI=1S/C22H23NO4/c1-27-16-12-10-14(11-13-16)20-19(22(25)26)17-8-4-5-9-18(17)21(24)23(20)15-6-2-3-7-15/h4-5,8-13,15,19-20H,2-3,6-7H2,1H3,(H,25,26)/t19-,20+/m0/s1. The molecular formula is C22H23NO4. The Labute approximate surface area is 158 Å². The molecule has 4 rings (SSSR count). The first-order chi connectivity index (χ1) is 13.1. The molecule has 5 nitrogen and oxygen atoms in total. The lowest BCUT2D eigenvalue weighted by Crippen LogP contribution is -2.49. The predicted molar refractivity (Wildman–Crippen MR) is 101 cm³/mol. The van der Waals surface area contributed by atoms with Crippen LogP contribution in [0.1, 0.15) is 59.1 Å². The van der Waals surface area contributed by atoms with Crippen LogP contribution in [0.3, 0.4) is 0 Å². The number of benzene rings is 2. The van der Waals surface area contributed by atoms with Crippen molar-refractivity contribution in [1.29, 1.82) is 0 Å². The zero-order valence-corrected chi connectivity index (χ0v) is 15.3. The van der Waals surface area contributed by atoms with Crippen molar-refractivity contribution in [3.63, 3.8) is 0 Å². The zero-order chi connectivity index (χ0) is 19.0. The van der Waals surface area contributed by atoms with Crippen molar-refractivity contribution in [1.82, 2.24) is 4.90 Å². The van der Waals surface area contributed by atoms with Gasteiger partial charge in [-0.2, -0.15) is 0 Å². The Bertz CT molecular complexity index is 855. The molecule has 1 aliphatic heterocycles. The first-order valence-electron chi connectivity index (χ1n) is 9.40. The quantitative estimate of drug-likeness (QED) is 0.889. The van der Waals surface area contributed by atoms with E-state index in [1.54, 1.807) is 31.4 Å². The molecule has 0 aromatic heterocycles. The van der Waals surface area contributed by atoms with E-state index in [2.05, 4.69) is 0 Å². The van der Waals surface area contributed by atoms with Crippen molar-refractivity contribution in [2.24, 2.45) is 0 Å². The van der Waals surface area contributed by atoms with Crippen LogP contribution in [0.5, 0.6) is 5.75 Å². The highest BCUT2D eigenvalue weighted by Crippen LogP contribution is 2.46. The van der Waals surface area contributed by atoms with Crippen molar-refractivity contribution in [3.8, 4) is 5.75 Å². The van der Waals surface area contributed by atoms with Gasteiger partial charge >= 0.3 is 5.97 Å². The molecule has 0 spiro atoms. The van der Waals surface area contributed by atoms with Gasteiger partial charge in [0.15, 0.2) is 0 Å². The summed E-state index contributed by atoms with van der Waals surface area (Å²) in [6.07, 6.45) is 3.99. The Kier molecular flexibility index (Phi) is 4.60. The number of hydrogen-bond acceptors (Lipinski definition) is 3. The smallest absolute Gasteiger partial charge is 0.313 e. The number of ether oxygens (including phenoxy) is 1. The number of carboxylic acids is 1. The van der Waals surface area contributed by atoms with Crippen LogP contribution in [0.25, 0.3) is 0 Å². The molecular weight excluding hydrogens is 342 g/mol. The largest absolute Gasteiger partial charge is 0.497 e. The van der Waals surface area contributed by atoms with Crippen molar-refractivity contribution >= 4 is 11.9 Å². The number of carbonyl (C=O) groups is 2. The van der Waals surface area contributed by atoms with Crippen LogP contribution in [-0.2, 0) is 4.79 Å². The lowest BCUT2D eigenvalue weighted by atomic mass is 9.79. The van der Waals surface area contributed by atoms with Gasteiger partial charge in [-0.1, -0.05) is 43.2 Å². The number of rotatable bonds is 4. The third-order valence-corrected chi connectivity index (χ3v) is 5.82. The monoisotopic (exact) mass is 365 g/mol. The normalized spacial score (nSPS) is 22.6. The van der Waals surface area contributed by atoms with Crippen LogP contribution in [-0.4, -0.2) is 35.0 Å². The van der Waals surface area contributed by atoms with Crippen LogP contribution in [0.15, 0.2) is 48.5 Å². The van der Waals surface area contributed by atoms with E-state index in [1.165, 1.54) is 0 Å². The van der Waals surface area contributed by atoms with Gasteiger partial charge in [-0.15, -0.1) is 0 Å². The Balaban J connectivity index is 1.88. The Morgan fingerprint density at radius 1 is 1.07 bits per heavy atom. The minimum atomic E-state index is -0.904. The molecule has 1 N–H and O–H groups in total. The topological polar surface area (TPSA) is 66.8 Å². The minimum absolute atomic E-state index is 0.0594. The van der Waals surface area contributed by atoms with E-state index in [9.17, 15) is 14.7 Å². The van der Waals surface area contributed by atoms with E-state index >= 15 is 0 Å². The second-order valence-corrected chi connectivity index (χ2v) is 7.27. The number of amides is 1. The van der Waals surface area contributed by atoms with Crippen LogP contribution < -0.4 is 4.74 Å². The van der Waals surface area contributed by atoms with Crippen LogP contribution in [0.4, 0.5) is 0 Å². The molecule has 2 aromatic rings. The third-order valence-electron chi connectivity index (χ3n) is 5.82. The second kappa shape index (κ2) is 7.06. The zero-order valence-electron chi connectivity index (χ0n) is 15.3. The van der Waals surface area contributed by atoms with Crippen molar-refractivity contribution in [2.75, 3.05) is 7.11 Å². The Morgan fingerprint density at radius 2 is 1.74 bits per heavy atom. The van der Waals surface area contributed by atoms with Crippen LogP contribution in [0, 0.1) is 0 Å². The first kappa shape index (κ1) is 17.6. The molecule has 140 valence electrons. The lowest BCUT2D eigenvalue weighted by Gasteiger charge is -2.44. The van der Waals surface area contributed by atoms with Gasteiger partial charge in [0.05, 0.1) is 13.2 Å². The van der Waals surface area contributed by atoms with Crippen LogP contribution >= 0.6 is 0 Å². The molecule has 2 aliphatic rings. The molecule has 27 heavy (non-hydrogen) atoms. The van der Waals surface area contributed by atoms with Gasteiger partial charge in [-0.25, -0.2) is 0 Å². The molecule has 2 aromatic carbocycles. The molecule has 1 saturated carbocycles. The first-order valence-corrected chi connectivity index (χ1v) is 9.40. The Morgan fingerprint density at radius 3 is 2.37 bits per heavy atom. The highest BCUT2D eigenvalue weighted by atomic mass is 16.5. The number of carboxylic acid groups (broad SMARTS) is 1. The van der Waals surface area contributed by atoms with Gasteiger partial charge in [0.25, 0.3) is 5.91 Å². The number of hydrogen-bond donors (Lipinski definition) is 1. The maximum Gasteiger partial charge on any atom is 0.313 e. The fourth-order valence-corrected chi connectivity index (χ4v) is 4.56. The molecule has 1 fully saturated rings. The summed E-state index contributed by atoms with van der Waals surface area (Å²) in [4.78, 5) is 27.6. The van der Waals surface area contributed by atoms with E-state index in [4.69, 9.17) is 4.74 Å². The number of aliphatic carboxylic acids is 1.